The Morgan fingerprint density at radius 2 is 1.89 bits per heavy atom. The summed E-state index contributed by atoms with van der Waals surface area (Å²) in [6, 6.07) is 13.7. The van der Waals surface area contributed by atoms with Crippen LogP contribution in [-0.4, -0.2) is 0 Å². The predicted molar refractivity (Wildman–Crippen MR) is 74.9 cm³/mol. The minimum absolute atomic E-state index is 0.762. The molecule has 0 fully saturated rings. The van der Waals surface area contributed by atoms with Crippen LogP contribution in [0.3, 0.4) is 0 Å². The maximum atomic E-state index is 6.44. The highest BCUT2D eigenvalue weighted by atomic mass is 35.5. The van der Waals surface area contributed by atoms with Gasteiger partial charge < -0.3 is 4.74 Å². The van der Waals surface area contributed by atoms with Crippen LogP contribution < -0.4 is 9.16 Å². The summed E-state index contributed by atoms with van der Waals surface area (Å²) in [5.74, 6) is 1.55. The molecular weight excluding hydrogens is 246 g/mol. The Morgan fingerprint density at radius 3 is 2.72 bits per heavy atom. The molecule has 0 N–H and O–H groups in total. The van der Waals surface area contributed by atoms with Crippen molar-refractivity contribution in [3.8, 4) is 11.5 Å². The number of benzene rings is 2. The molecule has 3 rings (SSSR count). The Balaban J connectivity index is 2.16. The molecule has 0 radical (unpaired) electrons. The minimum Gasteiger partial charge on any atom is -0.453 e. The largest absolute Gasteiger partial charge is 0.453 e. The predicted octanol–water partition coefficient (Wildman–Crippen LogP) is 4.81. The van der Waals surface area contributed by atoms with Gasteiger partial charge in [0.25, 0.3) is 0 Å². The van der Waals surface area contributed by atoms with Crippen molar-refractivity contribution in [3.63, 3.8) is 0 Å². The molecule has 1 heterocycles. The lowest BCUT2D eigenvalue weighted by Crippen LogP contribution is -2.12. The fourth-order valence-corrected chi connectivity index (χ4v) is 2.47. The van der Waals surface area contributed by atoms with Crippen molar-refractivity contribution in [1.82, 2.24) is 0 Å². The van der Waals surface area contributed by atoms with Crippen molar-refractivity contribution in [3.05, 3.63) is 60.7 Å². The zero-order valence-corrected chi connectivity index (χ0v) is 10.5. The van der Waals surface area contributed by atoms with Gasteiger partial charge in [-0.3, -0.25) is 0 Å². The Kier molecular flexibility index (Phi) is 2.73. The van der Waals surface area contributed by atoms with E-state index in [0.29, 0.717) is 0 Å². The summed E-state index contributed by atoms with van der Waals surface area (Å²) in [6.45, 7) is 3.77. The first kappa shape index (κ1) is 11.2. The third kappa shape index (κ3) is 1.66. The van der Waals surface area contributed by atoms with Crippen LogP contribution >= 0.6 is 11.8 Å². The smallest absolute Gasteiger partial charge is 0.152 e. The van der Waals surface area contributed by atoms with Crippen molar-refractivity contribution in [2.45, 2.75) is 6.42 Å². The normalized spacial score (nSPS) is 12.4. The summed E-state index contributed by atoms with van der Waals surface area (Å²) in [5.41, 5.74) is 2.87. The molecule has 2 aromatic carbocycles. The van der Waals surface area contributed by atoms with E-state index in [1.165, 1.54) is 0 Å². The molecule has 0 aliphatic carbocycles. The highest BCUT2D eigenvalue weighted by Gasteiger charge is 2.24. The molecule has 3 heteroatoms. The highest BCUT2D eigenvalue weighted by molar-refractivity contribution is 6.31. The van der Waals surface area contributed by atoms with Crippen molar-refractivity contribution in [2.24, 2.45) is 0 Å². The average molecular weight is 258 g/mol. The summed E-state index contributed by atoms with van der Waals surface area (Å²) in [5, 5.41) is 0. The topological polar surface area (TPSA) is 12.5 Å². The molecule has 18 heavy (non-hydrogen) atoms. The van der Waals surface area contributed by atoms with E-state index in [0.717, 1.165) is 34.9 Å². The number of allylic oxidation sites excluding steroid dienone is 1. The van der Waals surface area contributed by atoms with Crippen LogP contribution in [0.5, 0.6) is 11.5 Å². The van der Waals surface area contributed by atoms with Gasteiger partial charge in [-0.25, -0.2) is 4.42 Å². The number of hydrogen-bond donors (Lipinski definition) is 0. The molecule has 1 aliphatic heterocycles. The standard InChI is InChI=1S/C15H12ClNO/c1-2-6-11-7-5-10-14-15(11)17(16)12-8-3-4-9-13(12)18-14/h2-5,7-10H,1,6H2. The Morgan fingerprint density at radius 1 is 1.11 bits per heavy atom. The number of anilines is 2. The second kappa shape index (κ2) is 4.39. The SMILES string of the molecule is C=CCc1cccc2c1N(Cl)c1ccccc1O2. The van der Waals surface area contributed by atoms with Gasteiger partial charge in [0.1, 0.15) is 11.4 Å². The quantitative estimate of drug-likeness (QED) is 0.565. The average Bonchev–Trinajstić information content (AvgIpc) is 2.39. The Labute approximate surface area is 111 Å². The lowest BCUT2D eigenvalue weighted by molar-refractivity contribution is 0.478. The minimum atomic E-state index is 0.762. The van der Waals surface area contributed by atoms with Crippen LogP contribution in [0.1, 0.15) is 5.56 Å². The van der Waals surface area contributed by atoms with E-state index in [1.807, 2.05) is 48.5 Å². The van der Waals surface area contributed by atoms with E-state index in [4.69, 9.17) is 16.5 Å². The molecular formula is C15H12ClNO. The van der Waals surface area contributed by atoms with Gasteiger partial charge in [0, 0.05) is 11.8 Å². The van der Waals surface area contributed by atoms with Crippen LogP contribution in [0, 0.1) is 0 Å². The van der Waals surface area contributed by atoms with Crippen LogP contribution in [0.2, 0.25) is 0 Å². The molecule has 0 atom stereocenters. The number of nitrogens with zero attached hydrogens (tertiary/aromatic N) is 1. The fraction of sp³-hybridized carbons (Fsp3) is 0.0667. The zero-order valence-electron chi connectivity index (χ0n) is 9.77. The first-order valence-electron chi connectivity index (χ1n) is 5.77. The van der Waals surface area contributed by atoms with E-state index < -0.39 is 0 Å². The van der Waals surface area contributed by atoms with E-state index in [-0.39, 0.29) is 0 Å². The summed E-state index contributed by atoms with van der Waals surface area (Å²) in [6.07, 6.45) is 2.62. The number of rotatable bonds is 2. The molecule has 0 aromatic heterocycles. The number of ether oxygens (including phenoxy) is 1. The van der Waals surface area contributed by atoms with Gasteiger partial charge >= 0.3 is 0 Å². The summed E-state index contributed by atoms with van der Waals surface area (Å²) in [7, 11) is 0. The van der Waals surface area contributed by atoms with Gasteiger partial charge in [-0.1, -0.05) is 30.3 Å². The van der Waals surface area contributed by atoms with Gasteiger partial charge in [0.2, 0.25) is 0 Å². The summed E-state index contributed by atoms with van der Waals surface area (Å²) < 4.78 is 7.53. The molecule has 0 bridgehead atoms. The van der Waals surface area contributed by atoms with E-state index in [1.54, 1.807) is 4.42 Å². The molecule has 0 amide bonds. The van der Waals surface area contributed by atoms with Gasteiger partial charge in [0.15, 0.2) is 11.5 Å². The second-order valence-corrected chi connectivity index (χ2v) is 4.45. The first-order valence-corrected chi connectivity index (χ1v) is 6.10. The molecule has 2 aromatic rings. The second-order valence-electron chi connectivity index (χ2n) is 4.11. The monoisotopic (exact) mass is 257 g/mol. The maximum Gasteiger partial charge on any atom is 0.152 e. The Bertz CT molecular complexity index is 609. The first-order chi connectivity index (χ1) is 8.81. The van der Waals surface area contributed by atoms with Crippen LogP contribution in [0.4, 0.5) is 11.4 Å². The molecule has 0 saturated carbocycles. The molecule has 0 unspecified atom stereocenters. The van der Waals surface area contributed by atoms with E-state index >= 15 is 0 Å². The molecule has 1 aliphatic rings. The zero-order chi connectivity index (χ0) is 12.5. The number of hydrogen-bond acceptors (Lipinski definition) is 2. The van der Waals surface area contributed by atoms with Crippen LogP contribution in [0.15, 0.2) is 55.1 Å². The third-order valence-electron chi connectivity index (χ3n) is 2.94. The number of halogens is 1. The van der Waals surface area contributed by atoms with E-state index in [9.17, 15) is 0 Å². The third-order valence-corrected chi connectivity index (χ3v) is 3.29. The highest BCUT2D eigenvalue weighted by Crippen LogP contribution is 2.49. The van der Waals surface area contributed by atoms with Gasteiger partial charge in [0.05, 0.1) is 0 Å². The maximum absolute atomic E-state index is 6.44. The summed E-state index contributed by atoms with van der Waals surface area (Å²) >= 11 is 6.44. The van der Waals surface area contributed by atoms with Crippen molar-refractivity contribution in [2.75, 3.05) is 4.42 Å². The van der Waals surface area contributed by atoms with Gasteiger partial charge in [-0.15, -0.1) is 6.58 Å². The van der Waals surface area contributed by atoms with Crippen molar-refractivity contribution < 1.29 is 4.74 Å². The summed E-state index contributed by atoms with van der Waals surface area (Å²) in [4.78, 5) is 0. The van der Waals surface area contributed by atoms with E-state index in [2.05, 4.69) is 6.58 Å². The number of fused-ring (bicyclic) bond motifs is 2. The van der Waals surface area contributed by atoms with Crippen molar-refractivity contribution >= 4 is 23.2 Å². The Hall–Kier alpha value is -1.93. The van der Waals surface area contributed by atoms with Crippen LogP contribution in [0.25, 0.3) is 0 Å². The molecule has 0 spiro atoms. The lowest BCUT2D eigenvalue weighted by Gasteiger charge is -2.28. The molecule has 0 saturated heterocycles. The van der Waals surface area contributed by atoms with Gasteiger partial charge in [-0.2, -0.15) is 0 Å². The van der Waals surface area contributed by atoms with Crippen LogP contribution in [-0.2, 0) is 6.42 Å². The fourth-order valence-electron chi connectivity index (χ4n) is 2.14. The molecule has 2 nitrogen and oxygen atoms in total. The number of para-hydroxylation sites is 3. The lowest BCUT2D eigenvalue weighted by atomic mass is 10.1. The van der Waals surface area contributed by atoms with Crippen molar-refractivity contribution in [1.29, 1.82) is 0 Å². The molecule has 90 valence electrons. The van der Waals surface area contributed by atoms with Gasteiger partial charge in [-0.05, 0) is 30.2 Å².